The van der Waals surface area contributed by atoms with Gasteiger partial charge in [-0.25, -0.2) is 9.59 Å². The van der Waals surface area contributed by atoms with Crippen LogP contribution in [0.5, 0.6) is 0 Å². The Hall–Kier alpha value is -8.69. The van der Waals surface area contributed by atoms with Crippen molar-refractivity contribution in [3.05, 3.63) is 71.8 Å². The van der Waals surface area contributed by atoms with Gasteiger partial charge in [0, 0.05) is 74.8 Å². The summed E-state index contributed by atoms with van der Waals surface area (Å²) < 4.78 is 98.7. The number of hydrogen-bond donors (Lipinski definition) is 2. The topological polar surface area (TPSA) is 403 Å². The van der Waals surface area contributed by atoms with Crippen molar-refractivity contribution in [2.24, 2.45) is 0 Å². The lowest BCUT2D eigenvalue weighted by Gasteiger charge is -2.51. The SMILES string of the molecule is CC(=O)N[C@H]1[C@H](O[C@@H]2[C@@H](OC[C@H](NC(=O)OCc3ccccc3)C(=O)OCC(=O)c3ccccc3)O[C@H](COC(C)=O)[C@@H](OC(C)=O)[C@@H]2OC(C)=O)O[C@H](COC(C)=O)[C@@H](O[C@@H]2O[C@H](COC(C)=O)[C@H](OC(C)=O)[C@H](OC(C)=O)[C@H]2OC(C)=O)[C@@H]1OC(C)=O. The van der Waals surface area contributed by atoms with Crippen molar-refractivity contribution in [3.63, 3.8) is 0 Å². The van der Waals surface area contributed by atoms with Crippen LogP contribution in [0.1, 0.15) is 85.2 Å². The van der Waals surface area contributed by atoms with Crippen molar-refractivity contribution in [3.8, 4) is 0 Å². The summed E-state index contributed by atoms with van der Waals surface area (Å²) in [5.74, 6) is -11.8. The summed E-state index contributed by atoms with van der Waals surface area (Å²) in [5.41, 5.74) is 0.690. The summed E-state index contributed by atoms with van der Waals surface area (Å²) in [4.78, 5) is 169. The standard InChI is InChI=1S/C57H70N2O30/c1-27(60)58-44-48(81-33(7)66)45(88-56-52(84-36(10)69)50(83-35(9)68)47(80-32(6)65)43(87-56)26-75-30(4)63)41(24-73-28(2)61)85-54(44)89-51-49(82-34(8)67)46(79-31(5)64)42(25-74-29(3)62)86-55(51)77-22-39(59-57(72)78-21-37-17-13-11-14-18-37)53(71)76-23-40(70)38-19-15-12-16-20-38/h11-20,39,41-52,54-56H,21-26H2,1-10H3,(H,58,60)(H,59,72)/t39-,41+,42+,43+,44+,45+,46+,47-,48+,49-,50-,51-,52+,54-,55-,56-/m0/s1. The van der Waals surface area contributed by atoms with Crippen LogP contribution in [0.2, 0.25) is 0 Å². The molecule has 2 aromatic carbocycles. The Bertz CT molecular complexity index is 2830. The number of nitrogens with one attached hydrogen (secondary N) is 2. The maximum atomic E-state index is 14.0. The molecule has 0 bridgehead atoms. The largest absolute Gasteiger partial charge is 0.463 e. The minimum Gasteiger partial charge on any atom is -0.463 e. The maximum Gasteiger partial charge on any atom is 0.408 e. The van der Waals surface area contributed by atoms with E-state index in [0.29, 0.717) is 5.56 Å². The number of carbonyl (C=O) groups is 13. The van der Waals surface area contributed by atoms with Crippen molar-refractivity contribution in [1.29, 1.82) is 0 Å². The molecule has 89 heavy (non-hydrogen) atoms. The highest BCUT2D eigenvalue weighted by molar-refractivity contribution is 5.98. The summed E-state index contributed by atoms with van der Waals surface area (Å²) in [5, 5.41) is 4.84. The fourth-order valence-corrected chi connectivity index (χ4v) is 9.21. The minimum atomic E-state index is -2.13. The van der Waals surface area contributed by atoms with E-state index in [1.165, 1.54) is 12.1 Å². The van der Waals surface area contributed by atoms with Crippen molar-refractivity contribution < 1.29 is 143 Å². The van der Waals surface area contributed by atoms with Crippen LogP contribution in [0.3, 0.4) is 0 Å². The summed E-state index contributed by atoms with van der Waals surface area (Å²) in [6, 6.07) is 12.2. The molecule has 32 nitrogen and oxygen atoms in total. The van der Waals surface area contributed by atoms with Crippen molar-refractivity contribution in [2.45, 2.75) is 174 Å². The monoisotopic (exact) mass is 1260 g/mol. The Balaban J connectivity index is 1.66. The van der Waals surface area contributed by atoms with Gasteiger partial charge in [0.15, 0.2) is 80.0 Å². The van der Waals surface area contributed by atoms with Gasteiger partial charge in [-0.1, -0.05) is 60.7 Å². The molecule has 2 N–H and O–H groups in total. The molecule has 0 unspecified atom stereocenters. The van der Waals surface area contributed by atoms with Gasteiger partial charge in [0.05, 0.1) is 6.61 Å². The molecule has 0 saturated carbocycles. The van der Waals surface area contributed by atoms with E-state index in [1.54, 1.807) is 48.5 Å². The Labute approximate surface area is 508 Å². The molecular weight excluding hydrogens is 1190 g/mol. The van der Waals surface area contributed by atoms with Gasteiger partial charge in [0.1, 0.15) is 56.9 Å². The molecule has 3 aliphatic heterocycles. The Morgan fingerprint density at radius 1 is 0.427 bits per heavy atom. The third-order valence-electron chi connectivity index (χ3n) is 12.6. The zero-order valence-corrected chi connectivity index (χ0v) is 50.0. The summed E-state index contributed by atoms with van der Waals surface area (Å²) in [6.45, 7) is 5.20. The number of hydrogen-bond acceptors (Lipinski definition) is 30. The predicted molar refractivity (Wildman–Crippen MR) is 288 cm³/mol. The van der Waals surface area contributed by atoms with Crippen LogP contribution in [0, 0.1) is 0 Å². The number of benzene rings is 2. The van der Waals surface area contributed by atoms with E-state index in [1.807, 2.05) is 0 Å². The average Bonchev–Trinajstić information content (AvgIpc) is 1.18. The number of esters is 10. The quantitative estimate of drug-likeness (QED) is 0.0696. The molecule has 0 radical (unpaired) electrons. The maximum absolute atomic E-state index is 14.0. The highest BCUT2D eigenvalue weighted by Gasteiger charge is 2.59. The smallest absolute Gasteiger partial charge is 0.408 e. The zero-order chi connectivity index (χ0) is 65.6. The summed E-state index contributed by atoms with van der Waals surface area (Å²) in [7, 11) is 0. The van der Waals surface area contributed by atoms with Gasteiger partial charge in [-0.05, 0) is 5.56 Å². The number of rotatable bonds is 27. The molecule has 5 rings (SSSR count). The number of ether oxygens (including phenoxy) is 17. The first-order valence-corrected chi connectivity index (χ1v) is 27.4. The normalized spacial score (nSPS) is 26.6. The van der Waals surface area contributed by atoms with Crippen LogP contribution in [0.15, 0.2) is 60.7 Å². The van der Waals surface area contributed by atoms with Crippen LogP contribution in [0.25, 0.3) is 0 Å². The molecule has 0 aliphatic carbocycles. The third-order valence-corrected chi connectivity index (χ3v) is 12.6. The number of carbonyl (C=O) groups excluding carboxylic acids is 13. The second kappa shape index (κ2) is 34.2. The molecule has 16 atom stereocenters. The van der Waals surface area contributed by atoms with Gasteiger partial charge >= 0.3 is 65.8 Å². The van der Waals surface area contributed by atoms with Crippen molar-refractivity contribution in [2.75, 3.05) is 33.0 Å². The molecule has 2 amide bonds. The molecule has 32 heteroatoms. The zero-order valence-electron chi connectivity index (χ0n) is 50.0. The van der Waals surface area contributed by atoms with Crippen LogP contribution in [-0.4, -0.2) is 209 Å². The molecule has 488 valence electrons. The number of ketones is 1. The van der Waals surface area contributed by atoms with Gasteiger partial charge in [-0.15, -0.1) is 0 Å². The van der Waals surface area contributed by atoms with Crippen LogP contribution in [0.4, 0.5) is 4.79 Å². The number of Topliss-reactive ketones (excluding diaryl/α,β-unsaturated/α-hetero) is 1. The second-order valence-corrected chi connectivity index (χ2v) is 19.9. The number of amides is 2. The minimum absolute atomic E-state index is 0.156. The first-order chi connectivity index (χ1) is 42.1. The summed E-state index contributed by atoms with van der Waals surface area (Å²) >= 11 is 0. The molecular formula is C57H70N2O30. The summed E-state index contributed by atoms with van der Waals surface area (Å²) in [6.07, 6.45) is -27.8. The van der Waals surface area contributed by atoms with Crippen LogP contribution < -0.4 is 10.6 Å². The molecule has 3 saturated heterocycles. The number of alkyl carbamates (subject to hydrolysis) is 1. The van der Waals surface area contributed by atoms with Crippen LogP contribution >= 0.6 is 0 Å². The second-order valence-electron chi connectivity index (χ2n) is 19.9. The molecule has 2 aromatic rings. The van der Waals surface area contributed by atoms with E-state index < -0.39 is 209 Å². The fraction of sp³-hybridized carbons (Fsp3) is 0.561. The first-order valence-electron chi connectivity index (χ1n) is 27.4. The Morgan fingerprint density at radius 3 is 1.33 bits per heavy atom. The third kappa shape index (κ3) is 22.4. The lowest BCUT2D eigenvalue weighted by atomic mass is 9.94. The molecule has 0 spiro atoms. The van der Waals surface area contributed by atoms with Crippen molar-refractivity contribution in [1.82, 2.24) is 10.6 Å². The van der Waals surface area contributed by atoms with E-state index in [9.17, 15) is 62.3 Å². The lowest BCUT2D eigenvalue weighted by Crippen LogP contribution is -2.70. The highest BCUT2D eigenvalue weighted by atomic mass is 16.8. The molecule has 3 heterocycles. The Morgan fingerprint density at radius 2 is 0.843 bits per heavy atom. The van der Waals surface area contributed by atoms with E-state index in [0.717, 1.165) is 69.2 Å². The Kier molecular flexibility index (Phi) is 27.3. The van der Waals surface area contributed by atoms with Gasteiger partial charge in [-0.3, -0.25) is 52.7 Å². The van der Waals surface area contributed by atoms with Gasteiger partial charge in [0.2, 0.25) is 5.91 Å². The first kappa shape index (κ1) is 71.1. The molecule has 0 aromatic heterocycles. The molecule has 3 aliphatic rings. The van der Waals surface area contributed by atoms with Gasteiger partial charge < -0.3 is 91.2 Å². The fourth-order valence-electron chi connectivity index (χ4n) is 9.21. The van der Waals surface area contributed by atoms with Gasteiger partial charge in [0.25, 0.3) is 0 Å². The average molecular weight is 1260 g/mol. The van der Waals surface area contributed by atoms with Crippen LogP contribution in [-0.2, 0) is 140 Å². The molecule has 3 fully saturated rings. The van der Waals surface area contributed by atoms with E-state index in [2.05, 4.69) is 10.6 Å². The predicted octanol–water partition coefficient (Wildman–Crippen LogP) is 0.453. The van der Waals surface area contributed by atoms with Crippen molar-refractivity contribution >= 4 is 77.5 Å². The lowest BCUT2D eigenvalue weighted by molar-refractivity contribution is -0.373. The van der Waals surface area contributed by atoms with E-state index in [4.69, 9.17) is 80.5 Å². The van der Waals surface area contributed by atoms with Gasteiger partial charge in [-0.2, -0.15) is 0 Å². The highest BCUT2D eigenvalue weighted by Crippen LogP contribution is 2.38. The van der Waals surface area contributed by atoms with E-state index >= 15 is 0 Å². The van der Waals surface area contributed by atoms with E-state index in [-0.39, 0.29) is 12.2 Å².